The molecule has 1 aliphatic carbocycles. The first-order valence-electron chi connectivity index (χ1n) is 7.39. The minimum absolute atomic E-state index is 0.00654. The number of carbonyl (C=O) groups excluding carboxylic acids is 2. The van der Waals surface area contributed by atoms with Gasteiger partial charge < -0.3 is 15.4 Å². The standard InChI is InChI=1S/C16H22N2O3/c1-12-6-8-14(9-7-12)21-11-16(20)17-10-15(19)18-13-4-2-3-5-13/h6-9,13H,2-5,10-11H2,1H3,(H,17,20)(H,18,19). The fraction of sp³-hybridized carbons (Fsp3) is 0.500. The van der Waals surface area contributed by atoms with Gasteiger partial charge in [0.1, 0.15) is 5.75 Å². The molecular weight excluding hydrogens is 268 g/mol. The first kappa shape index (κ1) is 15.4. The van der Waals surface area contributed by atoms with E-state index in [9.17, 15) is 9.59 Å². The summed E-state index contributed by atoms with van der Waals surface area (Å²) in [6.07, 6.45) is 4.41. The lowest BCUT2D eigenvalue weighted by Gasteiger charge is -2.12. The van der Waals surface area contributed by atoms with E-state index in [1.165, 1.54) is 12.8 Å². The molecule has 21 heavy (non-hydrogen) atoms. The van der Waals surface area contributed by atoms with Crippen molar-refractivity contribution in [3.8, 4) is 5.75 Å². The topological polar surface area (TPSA) is 67.4 Å². The summed E-state index contributed by atoms with van der Waals surface area (Å²) in [7, 11) is 0. The van der Waals surface area contributed by atoms with E-state index in [0.29, 0.717) is 5.75 Å². The van der Waals surface area contributed by atoms with Crippen LogP contribution in [0, 0.1) is 6.92 Å². The van der Waals surface area contributed by atoms with Crippen LogP contribution >= 0.6 is 0 Å². The number of hydrogen-bond donors (Lipinski definition) is 2. The highest BCUT2D eigenvalue weighted by Gasteiger charge is 2.17. The molecule has 1 fully saturated rings. The van der Waals surface area contributed by atoms with Crippen molar-refractivity contribution in [1.82, 2.24) is 10.6 Å². The van der Waals surface area contributed by atoms with Crippen molar-refractivity contribution < 1.29 is 14.3 Å². The molecule has 2 amide bonds. The third-order valence-corrected chi connectivity index (χ3v) is 3.56. The van der Waals surface area contributed by atoms with Crippen LogP contribution < -0.4 is 15.4 Å². The van der Waals surface area contributed by atoms with Crippen LogP contribution in [0.4, 0.5) is 0 Å². The largest absolute Gasteiger partial charge is 0.484 e. The summed E-state index contributed by atoms with van der Waals surface area (Å²) in [6, 6.07) is 7.74. The quantitative estimate of drug-likeness (QED) is 0.835. The van der Waals surface area contributed by atoms with Gasteiger partial charge in [-0.25, -0.2) is 0 Å². The maximum absolute atomic E-state index is 11.6. The van der Waals surface area contributed by atoms with Gasteiger partial charge >= 0.3 is 0 Å². The van der Waals surface area contributed by atoms with E-state index in [2.05, 4.69) is 10.6 Å². The summed E-state index contributed by atoms with van der Waals surface area (Å²) in [5.41, 5.74) is 1.13. The monoisotopic (exact) mass is 290 g/mol. The molecule has 5 heteroatoms. The smallest absolute Gasteiger partial charge is 0.258 e. The van der Waals surface area contributed by atoms with Gasteiger partial charge in [0, 0.05) is 6.04 Å². The average molecular weight is 290 g/mol. The number of rotatable bonds is 6. The van der Waals surface area contributed by atoms with Crippen LogP contribution in [0.3, 0.4) is 0 Å². The molecule has 0 aliphatic heterocycles. The molecule has 0 spiro atoms. The minimum Gasteiger partial charge on any atom is -0.484 e. The Labute approximate surface area is 125 Å². The minimum atomic E-state index is -0.294. The summed E-state index contributed by atoms with van der Waals surface area (Å²) in [5.74, 6) is 0.217. The molecule has 1 aromatic carbocycles. The molecule has 0 aromatic heterocycles. The van der Waals surface area contributed by atoms with Gasteiger partial charge in [0.2, 0.25) is 5.91 Å². The van der Waals surface area contributed by atoms with Crippen LogP contribution in [0.15, 0.2) is 24.3 Å². The van der Waals surface area contributed by atoms with Crippen LogP contribution in [0.5, 0.6) is 5.75 Å². The summed E-state index contributed by atoms with van der Waals surface area (Å²) < 4.78 is 5.34. The predicted molar refractivity (Wildman–Crippen MR) is 80.1 cm³/mol. The number of carbonyl (C=O) groups is 2. The molecule has 0 bridgehead atoms. The molecule has 1 aliphatic rings. The van der Waals surface area contributed by atoms with Gasteiger partial charge in [-0.05, 0) is 31.9 Å². The van der Waals surface area contributed by atoms with Crippen LogP contribution in [-0.2, 0) is 9.59 Å². The second kappa shape index (κ2) is 7.67. The maximum Gasteiger partial charge on any atom is 0.258 e. The fourth-order valence-electron chi connectivity index (χ4n) is 2.36. The Morgan fingerprint density at radius 3 is 2.48 bits per heavy atom. The van der Waals surface area contributed by atoms with Gasteiger partial charge in [-0.3, -0.25) is 9.59 Å². The number of amides is 2. The van der Waals surface area contributed by atoms with Gasteiger partial charge in [0.25, 0.3) is 5.91 Å². The molecule has 2 rings (SSSR count). The van der Waals surface area contributed by atoms with E-state index in [4.69, 9.17) is 4.74 Å². The van der Waals surface area contributed by atoms with Crippen LogP contribution in [0.2, 0.25) is 0 Å². The lowest BCUT2D eigenvalue weighted by molar-refractivity contribution is -0.127. The van der Waals surface area contributed by atoms with Crippen molar-refractivity contribution in [1.29, 1.82) is 0 Å². The fourth-order valence-corrected chi connectivity index (χ4v) is 2.36. The molecule has 5 nitrogen and oxygen atoms in total. The first-order chi connectivity index (χ1) is 10.1. The highest BCUT2D eigenvalue weighted by atomic mass is 16.5. The molecule has 0 radical (unpaired) electrons. The van der Waals surface area contributed by atoms with E-state index in [0.717, 1.165) is 18.4 Å². The zero-order valence-electron chi connectivity index (χ0n) is 12.4. The molecular formula is C16H22N2O3. The summed E-state index contributed by atoms with van der Waals surface area (Å²) in [6.45, 7) is 1.91. The predicted octanol–water partition coefficient (Wildman–Crippen LogP) is 1.55. The zero-order valence-corrected chi connectivity index (χ0v) is 12.4. The summed E-state index contributed by atoms with van der Waals surface area (Å²) in [5, 5.41) is 5.48. The number of nitrogens with one attached hydrogen (secondary N) is 2. The lowest BCUT2D eigenvalue weighted by atomic mass is 10.2. The highest BCUT2D eigenvalue weighted by molar-refractivity contribution is 5.85. The molecule has 1 aromatic rings. The van der Waals surface area contributed by atoms with Gasteiger partial charge in [-0.2, -0.15) is 0 Å². The average Bonchev–Trinajstić information content (AvgIpc) is 2.97. The second-order valence-corrected chi connectivity index (χ2v) is 5.43. The second-order valence-electron chi connectivity index (χ2n) is 5.43. The van der Waals surface area contributed by atoms with Crippen molar-refractivity contribution in [2.24, 2.45) is 0 Å². The van der Waals surface area contributed by atoms with Crippen LogP contribution in [0.25, 0.3) is 0 Å². The molecule has 114 valence electrons. The Balaban J connectivity index is 1.62. The van der Waals surface area contributed by atoms with Crippen molar-refractivity contribution in [3.63, 3.8) is 0 Å². The SMILES string of the molecule is Cc1ccc(OCC(=O)NCC(=O)NC2CCCC2)cc1. The maximum atomic E-state index is 11.6. The van der Waals surface area contributed by atoms with Gasteiger partial charge in [-0.15, -0.1) is 0 Å². The van der Waals surface area contributed by atoms with E-state index < -0.39 is 0 Å². The molecule has 0 heterocycles. The summed E-state index contributed by atoms with van der Waals surface area (Å²) in [4.78, 5) is 23.3. The Morgan fingerprint density at radius 2 is 1.81 bits per heavy atom. The van der Waals surface area contributed by atoms with Gasteiger partial charge in [0.05, 0.1) is 6.54 Å². The molecule has 0 unspecified atom stereocenters. The van der Waals surface area contributed by atoms with Crippen LogP contribution in [-0.4, -0.2) is 31.0 Å². The molecule has 0 saturated heterocycles. The Hall–Kier alpha value is -2.04. The lowest BCUT2D eigenvalue weighted by Crippen LogP contribution is -2.42. The normalized spacial score (nSPS) is 14.7. The Kier molecular flexibility index (Phi) is 5.60. The number of aryl methyl sites for hydroxylation is 1. The van der Waals surface area contributed by atoms with E-state index in [-0.39, 0.29) is 31.0 Å². The highest BCUT2D eigenvalue weighted by Crippen LogP contribution is 2.17. The summed E-state index contributed by atoms with van der Waals surface area (Å²) >= 11 is 0. The third-order valence-electron chi connectivity index (χ3n) is 3.56. The zero-order chi connectivity index (χ0) is 15.1. The van der Waals surface area contributed by atoms with Crippen molar-refractivity contribution >= 4 is 11.8 Å². The van der Waals surface area contributed by atoms with E-state index in [1.54, 1.807) is 0 Å². The number of ether oxygens (including phenoxy) is 1. The van der Waals surface area contributed by atoms with Gasteiger partial charge in [-0.1, -0.05) is 30.5 Å². The Morgan fingerprint density at radius 1 is 1.14 bits per heavy atom. The van der Waals surface area contributed by atoms with Crippen molar-refractivity contribution in [3.05, 3.63) is 29.8 Å². The van der Waals surface area contributed by atoms with Gasteiger partial charge in [0.15, 0.2) is 6.61 Å². The number of hydrogen-bond acceptors (Lipinski definition) is 3. The molecule has 2 N–H and O–H groups in total. The van der Waals surface area contributed by atoms with E-state index in [1.807, 2.05) is 31.2 Å². The van der Waals surface area contributed by atoms with Crippen molar-refractivity contribution in [2.45, 2.75) is 38.6 Å². The first-order valence-corrected chi connectivity index (χ1v) is 7.39. The van der Waals surface area contributed by atoms with E-state index >= 15 is 0 Å². The Bertz CT molecular complexity index is 479. The number of benzene rings is 1. The molecule has 1 saturated carbocycles. The molecule has 0 atom stereocenters. The van der Waals surface area contributed by atoms with Crippen LogP contribution in [0.1, 0.15) is 31.2 Å². The third kappa shape index (κ3) is 5.45. The van der Waals surface area contributed by atoms with Crippen molar-refractivity contribution in [2.75, 3.05) is 13.2 Å².